The van der Waals surface area contributed by atoms with Gasteiger partial charge in [0.05, 0.1) is 12.1 Å². The number of aliphatic hydroxyl groups excluding tert-OH is 1. The first-order valence-electron chi connectivity index (χ1n) is 9.26. The lowest BCUT2D eigenvalue weighted by molar-refractivity contribution is 0.0975. The third-order valence-corrected chi connectivity index (χ3v) is 4.97. The Morgan fingerprint density at radius 1 is 1.18 bits per heavy atom. The Labute approximate surface area is 168 Å². The molecule has 1 amide bonds. The zero-order chi connectivity index (χ0) is 20.1. The molecular weight excluding hydrogens is 381 g/mol. The number of anilines is 1. The quantitative estimate of drug-likeness (QED) is 0.528. The Morgan fingerprint density at radius 2 is 1.93 bits per heavy atom. The molecule has 7 heteroatoms. The van der Waals surface area contributed by atoms with Crippen LogP contribution in [0.15, 0.2) is 47.5 Å². The van der Waals surface area contributed by atoms with Crippen molar-refractivity contribution in [3.63, 3.8) is 0 Å². The number of aliphatic hydroxyl groups is 1. The van der Waals surface area contributed by atoms with Crippen LogP contribution < -0.4 is 10.6 Å². The van der Waals surface area contributed by atoms with Gasteiger partial charge in [-0.3, -0.25) is 10.1 Å². The Morgan fingerprint density at radius 3 is 2.61 bits per heavy atom. The van der Waals surface area contributed by atoms with Crippen LogP contribution in [0.3, 0.4) is 0 Å². The summed E-state index contributed by atoms with van der Waals surface area (Å²) in [5, 5.41) is 16.1. The van der Waals surface area contributed by atoms with Crippen molar-refractivity contribution >= 4 is 29.2 Å². The predicted octanol–water partition coefficient (Wildman–Crippen LogP) is 4.29. The second kappa shape index (κ2) is 9.17. The number of nitrogens with zero attached hydrogens (tertiary/aromatic N) is 1. The number of benzene rings is 2. The highest BCUT2D eigenvalue weighted by molar-refractivity contribution is 6.31. The predicted molar refractivity (Wildman–Crippen MR) is 109 cm³/mol. The summed E-state index contributed by atoms with van der Waals surface area (Å²) in [6.45, 7) is 1.64. The van der Waals surface area contributed by atoms with Crippen molar-refractivity contribution < 1.29 is 14.3 Å². The van der Waals surface area contributed by atoms with Crippen molar-refractivity contribution in [2.24, 2.45) is 4.99 Å². The van der Waals surface area contributed by atoms with Crippen molar-refractivity contribution in [3.05, 3.63) is 64.4 Å². The van der Waals surface area contributed by atoms with E-state index >= 15 is 0 Å². The van der Waals surface area contributed by atoms with Crippen LogP contribution in [0.25, 0.3) is 0 Å². The average molecular weight is 404 g/mol. The third kappa shape index (κ3) is 5.53. The van der Waals surface area contributed by atoms with E-state index < -0.39 is 11.7 Å². The average Bonchev–Trinajstić information content (AvgIpc) is 2.65. The molecule has 2 aromatic carbocycles. The van der Waals surface area contributed by atoms with Crippen LogP contribution in [0.5, 0.6) is 0 Å². The molecule has 28 heavy (non-hydrogen) atoms. The molecule has 1 aliphatic carbocycles. The highest BCUT2D eigenvalue weighted by Gasteiger charge is 2.20. The summed E-state index contributed by atoms with van der Waals surface area (Å²) in [6.07, 6.45) is 2.53. The molecule has 0 atom stereocenters. The minimum atomic E-state index is -0.456. The summed E-state index contributed by atoms with van der Waals surface area (Å²) in [6, 6.07) is 11.4. The monoisotopic (exact) mass is 403 g/mol. The number of rotatable bonds is 3. The van der Waals surface area contributed by atoms with E-state index in [-0.39, 0.29) is 23.7 Å². The standard InChI is InChI=1S/C21H23ClFN3O2/c1-13-5-6-14(11-19(13)23)20(28)26-21(24-16-7-9-18(27)10-8-16)25-17-4-2-3-15(22)12-17/h2-6,11-12,16,18,27H,7-10H2,1H3,(H2,24,25,26,28). The number of nitrogens with one attached hydrogen (secondary N) is 2. The number of hydrogen-bond acceptors (Lipinski definition) is 3. The van der Waals surface area contributed by atoms with Crippen LogP contribution in [0, 0.1) is 12.7 Å². The van der Waals surface area contributed by atoms with Crippen LogP contribution in [-0.2, 0) is 0 Å². The van der Waals surface area contributed by atoms with E-state index in [0.717, 1.165) is 12.8 Å². The number of guanidine groups is 1. The van der Waals surface area contributed by atoms with Gasteiger partial charge in [0.1, 0.15) is 5.82 Å². The molecule has 5 nitrogen and oxygen atoms in total. The molecule has 0 bridgehead atoms. The number of amides is 1. The molecular formula is C21H23ClFN3O2. The normalized spacial score (nSPS) is 19.9. The van der Waals surface area contributed by atoms with E-state index in [1.807, 2.05) is 6.07 Å². The molecule has 1 fully saturated rings. The highest BCUT2D eigenvalue weighted by atomic mass is 35.5. The Kier molecular flexibility index (Phi) is 6.65. The van der Waals surface area contributed by atoms with Gasteiger partial charge in [-0.15, -0.1) is 0 Å². The first kappa shape index (κ1) is 20.3. The second-order valence-corrected chi connectivity index (χ2v) is 7.43. The van der Waals surface area contributed by atoms with Crippen LogP contribution in [0.2, 0.25) is 5.02 Å². The van der Waals surface area contributed by atoms with E-state index in [1.54, 1.807) is 37.3 Å². The fourth-order valence-electron chi connectivity index (χ4n) is 3.08. The molecule has 3 rings (SSSR count). The number of carbonyl (C=O) groups excluding carboxylic acids is 1. The molecule has 3 N–H and O–H groups in total. The summed E-state index contributed by atoms with van der Waals surface area (Å²) in [5.74, 6) is -0.618. The Balaban J connectivity index is 1.80. The molecule has 1 saturated carbocycles. The lowest BCUT2D eigenvalue weighted by Gasteiger charge is -2.23. The fraction of sp³-hybridized carbons (Fsp3) is 0.333. The van der Waals surface area contributed by atoms with Gasteiger partial charge < -0.3 is 10.4 Å². The molecule has 0 unspecified atom stereocenters. The maximum atomic E-state index is 13.8. The molecule has 0 saturated heterocycles. The number of aliphatic imine (C=N–C) groups is 1. The number of hydrogen-bond donors (Lipinski definition) is 3. The summed E-state index contributed by atoms with van der Waals surface area (Å²) in [5.41, 5.74) is 1.36. The van der Waals surface area contributed by atoms with Gasteiger partial charge >= 0.3 is 0 Å². The van der Waals surface area contributed by atoms with Crippen molar-refractivity contribution in [3.8, 4) is 0 Å². The molecule has 0 aromatic heterocycles. The largest absolute Gasteiger partial charge is 0.393 e. The Bertz CT molecular complexity index is 880. The zero-order valence-corrected chi connectivity index (χ0v) is 16.3. The summed E-state index contributed by atoms with van der Waals surface area (Å²) < 4.78 is 13.8. The van der Waals surface area contributed by atoms with Crippen molar-refractivity contribution in [1.29, 1.82) is 0 Å². The molecule has 2 aromatic rings. The lowest BCUT2D eigenvalue weighted by atomic mass is 9.94. The van der Waals surface area contributed by atoms with Gasteiger partial charge in [0.25, 0.3) is 5.91 Å². The lowest BCUT2D eigenvalue weighted by Crippen LogP contribution is -2.37. The van der Waals surface area contributed by atoms with Crippen LogP contribution >= 0.6 is 11.6 Å². The van der Waals surface area contributed by atoms with Crippen molar-refractivity contribution in [1.82, 2.24) is 5.32 Å². The van der Waals surface area contributed by atoms with Gasteiger partial charge in [-0.1, -0.05) is 23.7 Å². The van der Waals surface area contributed by atoms with Gasteiger partial charge in [-0.2, -0.15) is 0 Å². The van der Waals surface area contributed by atoms with E-state index in [2.05, 4.69) is 15.6 Å². The third-order valence-electron chi connectivity index (χ3n) is 4.73. The van der Waals surface area contributed by atoms with Crippen LogP contribution in [-0.4, -0.2) is 29.1 Å². The number of carbonyl (C=O) groups is 1. The van der Waals surface area contributed by atoms with Gasteiger partial charge in [-0.25, -0.2) is 9.38 Å². The summed E-state index contributed by atoms with van der Waals surface area (Å²) >= 11 is 6.03. The highest BCUT2D eigenvalue weighted by Crippen LogP contribution is 2.22. The van der Waals surface area contributed by atoms with Gasteiger partial charge in [0.15, 0.2) is 0 Å². The summed E-state index contributed by atoms with van der Waals surface area (Å²) in [4.78, 5) is 17.2. The van der Waals surface area contributed by atoms with Crippen LogP contribution in [0.4, 0.5) is 10.1 Å². The summed E-state index contributed by atoms with van der Waals surface area (Å²) in [7, 11) is 0. The minimum Gasteiger partial charge on any atom is -0.393 e. The van der Waals surface area contributed by atoms with E-state index in [4.69, 9.17) is 11.6 Å². The zero-order valence-electron chi connectivity index (χ0n) is 15.6. The number of aryl methyl sites for hydroxylation is 1. The molecule has 0 spiro atoms. The molecule has 0 radical (unpaired) electrons. The molecule has 0 aliphatic heterocycles. The van der Waals surface area contributed by atoms with Gasteiger partial charge in [-0.05, 0) is 68.5 Å². The smallest absolute Gasteiger partial charge is 0.258 e. The molecule has 1 aliphatic rings. The first-order valence-corrected chi connectivity index (χ1v) is 9.64. The fourth-order valence-corrected chi connectivity index (χ4v) is 3.27. The number of halogens is 2. The van der Waals surface area contributed by atoms with Gasteiger partial charge in [0.2, 0.25) is 5.96 Å². The molecule has 0 heterocycles. The van der Waals surface area contributed by atoms with Gasteiger partial charge in [0, 0.05) is 16.3 Å². The second-order valence-electron chi connectivity index (χ2n) is 6.99. The maximum absolute atomic E-state index is 13.8. The van der Waals surface area contributed by atoms with E-state index in [9.17, 15) is 14.3 Å². The Hall–Kier alpha value is -2.44. The van der Waals surface area contributed by atoms with Crippen molar-refractivity contribution in [2.45, 2.75) is 44.8 Å². The van der Waals surface area contributed by atoms with Crippen molar-refractivity contribution in [2.75, 3.05) is 5.32 Å². The molecule has 148 valence electrons. The maximum Gasteiger partial charge on any atom is 0.258 e. The van der Waals surface area contributed by atoms with E-state index in [0.29, 0.717) is 29.1 Å². The van der Waals surface area contributed by atoms with Crippen LogP contribution in [0.1, 0.15) is 41.6 Å². The topological polar surface area (TPSA) is 73.7 Å². The SMILES string of the molecule is Cc1ccc(C(=O)NC(=NC2CCC(O)CC2)Nc2cccc(Cl)c2)cc1F. The first-order chi connectivity index (χ1) is 13.4. The minimum absolute atomic E-state index is 0.0138. The van der Waals surface area contributed by atoms with E-state index in [1.165, 1.54) is 6.07 Å².